The first-order chi connectivity index (χ1) is 14.1. The van der Waals surface area contributed by atoms with Gasteiger partial charge < -0.3 is 0 Å². The van der Waals surface area contributed by atoms with Crippen LogP contribution in [0.4, 0.5) is 0 Å². The number of carbonyl (C=O) groups is 1. The summed E-state index contributed by atoms with van der Waals surface area (Å²) in [4.78, 5) is 16.6. The zero-order valence-electron chi connectivity index (χ0n) is 15.1. The van der Waals surface area contributed by atoms with Crippen molar-refractivity contribution in [1.29, 1.82) is 0 Å². The van der Waals surface area contributed by atoms with Crippen molar-refractivity contribution in [2.45, 2.75) is 6.54 Å². The molecular formula is C21H15Cl2N5O. The van der Waals surface area contributed by atoms with E-state index in [0.29, 0.717) is 22.3 Å². The molecule has 0 radical (unpaired) electrons. The van der Waals surface area contributed by atoms with Crippen LogP contribution in [0.3, 0.4) is 0 Å². The molecule has 144 valence electrons. The lowest BCUT2D eigenvalue weighted by atomic mass is 10.2. The Labute approximate surface area is 176 Å². The van der Waals surface area contributed by atoms with Crippen molar-refractivity contribution in [3.63, 3.8) is 0 Å². The number of amides is 1. The molecular weight excluding hydrogens is 409 g/mol. The lowest BCUT2D eigenvalue weighted by Gasteiger charge is -2.02. The van der Waals surface area contributed by atoms with Crippen LogP contribution < -0.4 is 5.43 Å². The molecule has 0 aliphatic rings. The summed E-state index contributed by atoms with van der Waals surface area (Å²) >= 11 is 12.1. The van der Waals surface area contributed by atoms with Crippen molar-refractivity contribution in [1.82, 2.24) is 20.2 Å². The van der Waals surface area contributed by atoms with Gasteiger partial charge in [0, 0.05) is 22.2 Å². The molecule has 4 aromatic rings. The summed E-state index contributed by atoms with van der Waals surface area (Å²) in [7, 11) is 0. The highest BCUT2D eigenvalue weighted by Gasteiger charge is 2.09. The van der Waals surface area contributed by atoms with Crippen LogP contribution in [0.15, 0.2) is 72.0 Å². The van der Waals surface area contributed by atoms with Crippen molar-refractivity contribution in [3.05, 3.63) is 93.9 Å². The Bertz CT molecular complexity index is 1200. The van der Waals surface area contributed by atoms with Crippen molar-refractivity contribution < 1.29 is 4.79 Å². The number of rotatable bonds is 5. The third kappa shape index (κ3) is 4.62. The molecule has 8 heteroatoms. The van der Waals surface area contributed by atoms with Crippen molar-refractivity contribution >= 4 is 46.2 Å². The molecule has 2 aromatic heterocycles. The van der Waals surface area contributed by atoms with E-state index in [1.165, 1.54) is 6.21 Å². The Morgan fingerprint density at radius 3 is 2.72 bits per heavy atom. The number of hydrazone groups is 1. The van der Waals surface area contributed by atoms with Crippen LogP contribution in [0, 0.1) is 0 Å². The van der Waals surface area contributed by atoms with E-state index in [1.807, 2.05) is 54.6 Å². The normalized spacial score (nSPS) is 11.2. The van der Waals surface area contributed by atoms with E-state index < -0.39 is 5.91 Å². The van der Waals surface area contributed by atoms with E-state index in [-0.39, 0.29) is 5.69 Å². The molecule has 0 aliphatic heterocycles. The zero-order valence-corrected chi connectivity index (χ0v) is 16.6. The van der Waals surface area contributed by atoms with Gasteiger partial charge in [0.25, 0.3) is 5.91 Å². The molecule has 0 atom stereocenters. The van der Waals surface area contributed by atoms with Crippen LogP contribution in [0.2, 0.25) is 10.2 Å². The summed E-state index contributed by atoms with van der Waals surface area (Å²) in [5, 5.41) is 10.2. The van der Waals surface area contributed by atoms with Gasteiger partial charge in [-0.25, -0.2) is 10.4 Å². The fourth-order valence-corrected chi connectivity index (χ4v) is 3.09. The molecule has 0 bridgehead atoms. The molecule has 0 saturated carbocycles. The fraction of sp³-hybridized carbons (Fsp3) is 0.0476. The number of hydrogen-bond donors (Lipinski definition) is 1. The standard InChI is InChI=1S/C21H15Cl2N5O/c22-17-7-5-14(6-8-17)13-28-10-9-19(27-28)21(29)26-24-12-16-11-15-3-1-2-4-18(15)25-20(16)23/h1-12H,13H2,(H,26,29)/b24-12-. The molecule has 0 saturated heterocycles. The maximum atomic E-state index is 12.3. The van der Waals surface area contributed by atoms with Crippen LogP contribution in [0.1, 0.15) is 21.6 Å². The minimum Gasteiger partial charge on any atom is -0.268 e. The van der Waals surface area contributed by atoms with Crippen molar-refractivity contribution in [3.8, 4) is 0 Å². The summed E-state index contributed by atoms with van der Waals surface area (Å²) < 4.78 is 1.67. The van der Waals surface area contributed by atoms with Crippen LogP contribution in [0.5, 0.6) is 0 Å². The quantitative estimate of drug-likeness (QED) is 0.290. The van der Waals surface area contributed by atoms with Crippen LogP contribution in [0.25, 0.3) is 10.9 Å². The van der Waals surface area contributed by atoms with Gasteiger partial charge in [-0.15, -0.1) is 0 Å². The number of carbonyl (C=O) groups excluding carboxylic acids is 1. The molecule has 0 fully saturated rings. The predicted molar refractivity (Wildman–Crippen MR) is 115 cm³/mol. The molecule has 1 amide bonds. The first-order valence-corrected chi connectivity index (χ1v) is 9.51. The van der Waals surface area contributed by atoms with Gasteiger partial charge in [0.1, 0.15) is 5.15 Å². The highest BCUT2D eigenvalue weighted by atomic mass is 35.5. The van der Waals surface area contributed by atoms with Gasteiger partial charge in [-0.2, -0.15) is 10.2 Å². The second-order valence-electron chi connectivity index (χ2n) is 6.29. The fourth-order valence-electron chi connectivity index (χ4n) is 2.76. The molecule has 6 nitrogen and oxygen atoms in total. The molecule has 4 rings (SSSR count). The average Bonchev–Trinajstić information content (AvgIpc) is 3.18. The van der Waals surface area contributed by atoms with Gasteiger partial charge in [-0.05, 0) is 35.9 Å². The van der Waals surface area contributed by atoms with Crippen LogP contribution >= 0.6 is 23.2 Å². The largest absolute Gasteiger partial charge is 0.291 e. The minimum absolute atomic E-state index is 0.263. The topological polar surface area (TPSA) is 72.2 Å². The van der Waals surface area contributed by atoms with E-state index in [4.69, 9.17) is 23.2 Å². The summed E-state index contributed by atoms with van der Waals surface area (Å²) in [6.45, 7) is 0.534. The third-order valence-electron chi connectivity index (χ3n) is 4.21. The zero-order chi connectivity index (χ0) is 20.2. The lowest BCUT2D eigenvalue weighted by Crippen LogP contribution is -2.18. The smallest absolute Gasteiger partial charge is 0.268 e. The van der Waals surface area contributed by atoms with E-state index in [9.17, 15) is 4.79 Å². The highest BCUT2D eigenvalue weighted by molar-refractivity contribution is 6.32. The van der Waals surface area contributed by atoms with Gasteiger partial charge in [-0.3, -0.25) is 9.48 Å². The second kappa shape index (κ2) is 8.43. The number of halogens is 2. The predicted octanol–water partition coefficient (Wildman–Crippen LogP) is 4.55. The van der Waals surface area contributed by atoms with Crippen LogP contribution in [-0.4, -0.2) is 26.9 Å². The van der Waals surface area contributed by atoms with Gasteiger partial charge >= 0.3 is 0 Å². The number of nitrogens with zero attached hydrogens (tertiary/aromatic N) is 4. The number of aromatic nitrogens is 3. The number of fused-ring (bicyclic) bond motifs is 1. The molecule has 0 unspecified atom stereocenters. The summed E-state index contributed by atoms with van der Waals surface area (Å²) in [6.07, 6.45) is 3.20. The average molecular weight is 424 g/mol. The van der Waals surface area contributed by atoms with E-state index in [2.05, 4.69) is 20.6 Å². The molecule has 29 heavy (non-hydrogen) atoms. The number of benzene rings is 2. The van der Waals surface area contributed by atoms with Crippen molar-refractivity contribution in [2.75, 3.05) is 0 Å². The van der Waals surface area contributed by atoms with Gasteiger partial charge in [0.2, 0.25) is 0 Å². The Morgan fingerprint density at radius 1 is 1.10 bits per heavy atom. The molecule has 1 N–H and O–H groups in total. The molecule has 2 heterocycles. The van der Waals surface area contributed by atoms with Gasteiger partial charge in [0.05, 0.1) is 18.3 Å². The van der Waals surface area contributed by atoms with E-state index in [0.717, 1.165) is 16.5 Å². The summed E-state index contributed by atoms with van der Waals surface area (Å²) in [5.41, 5.74) is 5.16. The Balaban J connectivity index is 1.41. The Morgan fingerprint density at radius 2 is 1.90 bits per heavy atom. The maximum absolute atomic E-state index is 12.3. The molecule has 2 aromatic carbocycles. The molecule has 0 aliphatic carbocycles. The van der Waals surface area contributed by atoms with Crippen molar-refractivity contribution in [2.24, 2.45) is 5.10 Å². The maximum Gasteiger partial charge on any atom is 0.291 e. The third-order valence-corrected chi connectivity index (χ3v) is 4.76. The van der Waals surface area contributed by atoms with Gasteiger partial charge in [0.15, 0.2) is 5.69 Å². The van der Waals surface area contributed by atoms with Gasteiger partial charge in [-0.1, -0.05) is 53.5 Å². The van der Waals surface area contributed by atoms with Crippen LogP contribution in [-0.2, 0) is 6.54 Å². The van der Waals surface area contributed by atoms with E-state index >= 15 is 0 Å². The number of hydrogen-bond acceptors (Lipinski definition) is 4. The Hall–Kier alpha value is -3.22. The number of pyridine rings is 1. The second-order valence-corrected chi connectivity index (χ2v) is 7.08. The number of para-hydroxylation sites is 1. The summed E-state index contributed by atoms with van der Waals surface area (Å²) in [5.74, 6) is -0.416. The first-order valence-electron chi connectivity index (χ1n) is 8.75. The highest BCUT2D eigenvalue weighted by Crippen LogP contribution is 2.19. The minimum atomic E-state index is -0.416. The molecule has 0 spiro atoms. The number of nitrogens with one attached hydrogen (secondary N) is 1. The van der Waals surface area contributed by atoms with E-state index in [1.54, 1.807) is 16.9 Å². The lowest BCUT2D eigenvalue weighted by molar-refractivity contribution is 0.0949. The monoisotopic (exact) mass is 423 g/mol. The Kier molecular flexibility index (Phi) is 5.55. The summed E-state index contributed by atoms with van der Waals surface area (Å²) in [6, 6.07) is 18.6. The first kappa shape index (κ1) is 19.1. The SMILES string of the molecule is O=C(N/N=C\c1cc2ccccc2nc1Cl)c1ccn(Cc2ccc(Cl)cc2)n1.